The molecule has 0 saturated carbocycles. The minimum atomic E-state index is -0.114. The van der Waals surface area contributed by atoms with Crippen molar-refractivity contribution in [3.05, 3.63) is 34.9 Å². The van der Waals surface area contributed by atoms with Gasteiger partial charge in [-0.25, -0.2) is 0 Å². The lowest BCUT2D eigenvalue weighted by Gasteiger charge is -2.24. The van der Waals surface area contributed by atoms with E-state index in [4.69, 9.17) is 16.3 Å². The van der Waals surface area contributed by atoms with E-state index in [2.05, 4.69) is 5.32 Å². The molecule has 110 valence electrons. The Morgan fingerprint density at radius 1 is 1.30 bits per heavy atom. The van der Waals surface area contributed by atoms with Gasteiger partial charge < -0.3 is 9.64 Å². The molecule has 1 fully saturated rings. The summed E-state index contributed by atoms with van der Waals surface area (Å²) in [4.78, 5) is 14.2. The Kier molecular flexibility index (Phi) is 5.40. The molecule has 2 atom stereocenters. The molecule has 0 bridgehead atoms. The fraction of sp³-hybridized carbons (Fsp3) is 0.533. The Morgan fingerprint density at radius 3 is 2.60 bits per heavy atom. The van der Waals surface area contributed by atoms with E-state index >= 15 is 0 Å². The third-order valence-electron chi connectivity index (χ3n) is 3.53. The third kappa shape index (κ3) is 3.32. The fourth-order valence-corrected chi connectivity index (χ4v) is 2.57. The highest BCUT2D eigenvalue weighted by Gasteiger charge is 2.38. The van der Waals surface area contributed by atoms with Crippen LogP contribution in [0.2, 0.25) is 5.02 Å². The number of carbonyl (C=O) groups is 1. The van der Waals surface area contributed by atoms with Crippen molar-refractivity contribution in [3.8, 4) is 0 Å². The van der Waals surface area contributed by atoms with Crippen molar-refractivity contribution < 1.29 is 9.53 Å². The molecule has 2 unspecified atom stereocenters. The minimum absolute atomic E-state index is 0.0924. The summed E-state index contributed by atoms with van der Waals surface area (Å²) in [6, 6.07) is 7.50. The summed E-state index contributed by atoms with van der Waals surface area (Å²) >= 11 is 5.92. The van der Waals surface area contributed by atoms with E-state index in [-0.39, 0.29) is 18.1 Å². The summed E-state index contributed by atoms with van der Waals surface area (Å²) < 4.78 is 5.37. The summed E-state index contributed by atoms with van der Waals surface area (Å²) in [6.45, 7) is 5.79. The number of nitrogens with zero attached hydrogens (tertiary/aromatic N) is 1. The lowest BCUT2D eigenvalue weighted by molar-refractivity contribution is -0.130. The zero-order valence-corrected chi connectivity index (χ0v) is 12.7. The number of halogens is 1. The molecule has 1 saturated heterocycles. The van der Waals surface area contributed by atoms with Crippen molar-refractivity contribution in [2.24, 2.45) is 0 Å². The zero-order valence-electron chi connectivity index (χ0n) is 11.9. The van der Waals surface area contributed by atoms with E-state index in [1.165, 1.54) is 0 Å². The van der Waals surface area contributed by atoms with Gasteiger partial charge in [-0.05, 0) is 31.0 Å². The number of benzene rings is 1. The second kappa shape index (κ2) is 7.07. The van der Waals surface area contributed by atoms with Crippen LogP contribution >= 0.6 is 11.6 Å². The number of hydrogen-bond acceptors (Lipinski definition) is 3. The standard InChI is InChI=1S/C15H21ClN2O2/c1-3-13-15(19)18(9-10-20-4-2)14(17-13)11-5-7-12(16)8-6-11/h5-8,13-14,17H,3-4,9-10H2,1-2H3. The molecule has 0 spiro atoms. The Balaban J connectivity index is 2.15. The molecule has 1 amide bonds. The highest BCUT2D eigenvalue weighted by Crippen LogP contribution is 2.27. The summed E-state index contributed by atoms with van der Waals surface area (Å²) in [6.07, 6.45) is 0.693. The maximum Gasteiger partial charge on any atom is 0.241 e. The number of nitrogens with one attached hydrogen (secondary N) is 1. The van der Waals surface area contributed by atoms with Crippen LogP contribution in [-0.4, -0.2) is 36.6 Å². The molecular weight excluding hydrogens is 276 g/mol. The van der Waals surface area contributed by atoms with Crippen LogP contribution in [0.1, 0.15) is 32.0 Å². The Labute approximate surface area is 125 Å². The molecule has 20 heavy (non-hydrogen) atoms. The van der Waals surface area contributed by atoms with Crippen molar-refractivity contribution in [1.82, 2.24) is 10.2 Å². The van der Waals surface area contributed by atoms with Crippen molar-refractivity contribution in [2.45, 2.75) is 32.5 Å². The van der Waals surface area contributed by atoms with E-state index in [9.17, 15) is 4.79 Å². The highest BCUT2D eigenvalue weighted by atomic mass is 35.5. The van der Waals surface area contributed by atoms with Gasteiger partial charge in [0.25, 0.3) is 0 Å². The van der Waals surface area contributed by atoms with Gasteiger partial charge in [0.15, 0.2) is 0 Å². The first-order chi connectivity index (χ1) is 9.67. The zero-order chi connectivity index (χ0) is 14.5. The monoisotopic (exact) mass is 296 g/mol. The van der Waals surface area contributed by atoms with Crippen LogP contribution in [0.4, 0.5) is 0 Å². The van der Waals surface area contributed by atoms with E-state index < -0.39 is 0 Å². The van der Waals surface area contributed by atoms with E-state index in [0.29, 0.717) is 24.8 Å². The van der Waals surface area contributed by atoms with Gasteiger partial charge in [-0.3, -0.25) is 10.1 Å². The number of ether oxygens (including phenoxy) is 1. The molecule has 1 N–H and O–H groups in total. The maximum absolute atomic E-state index is 12.4. The van der Waals surface area contributed by atoms with Crippen LogP contribution in [0, 0.1) is 0 Å². The lowest BCUT2D eigenvalue weighted by atomic mass is 10.1. The van der Waals surface area contributed by atoms with Crippen LogP contribution in [0.5, 0.6) is 0 Å². The molecule has 1 aromatic carbocycles. The maximum atomic E-state index is 12.4. The van der Waals surface area contributed by atoms with Gasteiger partial charge in [0.1, 0.15) is 6.17 Å². The second-order valence-corrected chi connectivity index (χ2v) is 5.25. The van der Waals surface area contributed by atoms with Gasteiger partial charge >= 0.3 is 0 Å². The van der Waals surface area contributed by atoms with Gasteiger partial charge in [-0.15, -0.1) is 0 Å². The number of amides is 1. The first-order valence-electron chi connectivity index (χ1n) is 7.07. The van der Waals surface area contributed by atoms with Gasteiger partial charge in [0.2, 0.25) is 5.91 Å². The van der Waals surface area contributed by atoms with Gasteiger partial charge in [-0.2, -0.15) is 0 Å². The molecule has 0 aromatic heterocycles. The van der Waals surface area contributed by atoms with Crippen LogP contribution < -0.4 is 5.32 Å². The molecule has 1 aliphatic heterocycles. The molecule has 4 nitrogen and oxygen atoms in total. The van der Waals surface area contributed by atoms with Crippen LogP contribution in [0.25, 0.3) is 0 Å². The normalized spacial score (nSPS) is 22.6. The van der Waals surface area contributed by atoms with Crippen molar-refractivity contribution in [2.75, 3.05) is 19.8 Å². The van der Waals surface area contributed by atoms with E-state index in [0.717, 1.165) is 12.0 Å². The Morgan fingerprint density at radius 2 is 2.00 bits per heavy atom. The van der Waals surface area contributed by atoms with Gasteiger partial charge in [-0.1, -0.05) is 30.7 Å². The van der Waals surface area contributed by atoms with Crippen molar-refractivity contribution in [3.63, 3.8) is 0 Å². The predicted molar refractivity (Wildman–Crippen MR) is 79.6 cm³/mol. The summed E-state index contributed by atoms with van der Waals surface area (Å²) in [7, 11) is 0. The van der Waals surface area contributed by atoms with Crippen LogP contribution in [0.3, 0.4) is 0 Å². The van der Waals surface area contributed by atoms with Crippen molar-refractivity contribution >= 4 is 17.5 Å². The molecule has 0 aliphatic carbocycles. The van der Waals surface area contributed by atoms with Gasteiger partial charge in [0.05, 0.1) is 12.6 Å². The van der Waals surface area contributed by atoms with E-state index in [1.54, 1.807) is 0 Å². The molecule has 0 radical (unpaired) electrons. The Hall–Kier alpha value is -1.10. The topological polar surface area (TPSA) is 41.6 Å². The molecule has 2 rings (SSSR count). The second-order valence-electron chi connectivity index (χ2n) is 4.81. The summed E-state index contributed by atoms with van der Waals surface area (Å²) in [5.74, 6) is 0.146. The largest absolute Gasteiger partial charge is 0.380 e. The average molecular weight is 297 g/mol. The van der Waals surface area contributed by atoms with E-state index in [1.807, 2.05) is 43.0 Å². The number of hydrogen-bond donors (Lipinski definition) is 1. The number of carbonyl (C=O) groups excluding carboxylic acids is 1. The first-order valence-corrected chi connectivity index (χ1v) is 7.44. The predicted octanol–water partition coefficient (Wildman–Crippen LogP) is 2.59. The van der Waals surface area contributed by atoms with Crippen LogP contribution in [0.15, 0.2) is 24.3 Å². The Bertz CT molecular complexity index is 450. The molecular formula is C15H21ClN2O2. The molecule has 1 heterocycles. The smallest absolute Gasteiger partial charge is 0.241 e. The summed E-state index contributed by atoms with van der Waals surface area (Å²) in [5.41, 5.74) is 1.05. The average Bonchev–Trinajstić information content (AvgIpc) is 2.77. The molecule has 1 aromatic rings. The first kappa shape index (κ1) is 15.3. The lowest BCUT2D eigenvalue weighted by Crippen LogP contribution is -2.34. The van der Waals surface area contributed by atoms with Gasteiger partial charge in [0, 0.05) is 18.2 Å². The van der Waals surface area contributed by atoms with Crippen LogP contribution in [-0.2, 0) is 9.53 Å². The fourth-order valence-electron chi connectivity index (χ4n) is 2.44. The number of rotatable bonds is 6. The third-order valence-corrected chi connectivity index (χ3v) is 3.78. The minimum Gasteiger partial charge on any atom is -0.380 e. The van der Waals surface area contributed by atoms with Crippen molar-refractivity contribution in [1.29, 1.82) is 0 Å². The molecule has 5 heteroatoms. The highest BCUT2D eigenvalue weighted by molar-refractivity contribution is 6.30. The quantitative estimate of drug-likeness (QED) is 0.821. The molecule has 1 aliphatic rings. The summed E-state index contributed by atoms with van der Waals surface area (Å²) in [5, 5.41) is 4.08. The SMILES string of the molecule is CCOCCN1C(=O)C(CC)NC1c1ccc(Cl)cc1.